The zero-order valence-corrected chi connectivity index (χ0v) is 14.5. The Morgan fingerprint density at radius 3 is 2.58 bits per heavy atom. The normalized spacial score (nSPS) is 10.6. The van der Waals surface area contributed by atoms with E-state index in [-0.39, 0.29) is 24.0 Å². The van der Waals surface area contributed by atoms with E-state index >= 15 is 0 Å². The number of nitrogens with zero attached hydrogens (tertiary/aromatic N) is 1. The predicted octanol–water partition coefficient (Wildman–Crippen LogP) is 2.41. The second-order valence-electron chi connectivity index (χ2n) is 3.45. The number of anilines is 1. The van der Waals surface area contributed by atoms with Crippen LogP contribution < -0.4 is 20.5 Å². The van der Waals surface area contributed by atoms with Crippen LogP contribution >= 0.6 is 35.7 Å². The highest BCUT2D eigenvalue weighted by Crippen LogP contribution is 2.29. The molecule has 0 aliphatic heterocycles. The van der Waals surface area contributed by atoms with E-state index in [1.807, 2.05) is 24.5 Å². The number of guanidine groups is 1. The average Bonchev–Trinajstić information content (AvgIpc) is 2.39. The van der Waals surface area contributed by atoms with Gasteiger partial charge in [-0.1, -0.05) is 0 Å². The van der Waals surface area contributed by atoms with E-state index in [4.69, 9.17) is 15.2 Å². The van der Waals surface area contributed by atoms with Crippen molar-refractivity contribution in [3.8, 4) is 11.5 Å². The molecule has 0 aliphatic rings. The van der Waals surface area contributed by atoms with Crippen molar-refractivity contribution in [3.63, 3.8) is 0 Å². The van der Waals surface area contributed by atoms with Gasteiger partial charge in [-0.2, -0.15) is 11.8 Å². The zero-order chi connectivity index (χ0) is 13.4. The summed E-state index contributed by atoms with van der Waals surface area (Å²) >= 11 is 1.73. The summed E-state index contributed by atoms with van der Waals surface area (Å²) in [5.74, 6) is 2.69. The first-order valence-corrected chi connectivity index (χ1v) is 6.88. The lowest BCUT2D eigenvalue weighted by molar-refractivity contribution is 0.355. The maximum atomic E-state index is 5.77. The first kappa shape index (κ1) is 18.2. The van der Waals surface area contributed by atoms with Gasteiger partial charge in [-0.25, -0.2) is 0 Å². The number of halogens is 1. The van der Waals surface area contributed by atoms with Gasteiger partial charge in [0.2, 0.25) is 0 Å². The average molecular weight is 397 g/mol. The van der Waals surface area contributed by atoms with Gasteiger partial charge in [0.25, 0.3) is 0 Å². The minimum Gasteiger partial charge on any atom is -0.493 e. The van der Waals surface area contributed by atoms with Crippen LogP contribution in [0.25, 0.3) is 0 Å². The lowest BCUT2D eigenvalue weighted by Gasteiger charge is -2.10. The number of thioether (sulfide) groups is 1. The van der Waals surface area contributed by atoms with Gasteiger partial charge in [-0.05, 0) is 18.4 Å². The number of hydrogen-bond acceptors (Lipinski definition) is 4. The maximum Gasteiger partial charge on any atom is 0.193 e. The molecule has 0 heterocycles. The van der Waals surface area contributed by atoms with Crippen molar-refractivity contribution in [3.05, 3.63) is 18.2 Å². The van der Waals surface area contributed by atoms with Gasteiger partial charge in [-0.3, -0.25) is 4.99 Å². The molecule has 1 aromatic carbocycles. The Balaban J connectivity index is 0.00000324. The lowest BCUT2D eigenvalue weighted by atomic mass is 10.3. The monoisotopic (exact) mass is 397 g/mol. The van der Waals surface area contributed by atoms with Crippen molar-refractivity contribution in [2.24, 2.45) is 10.7 Å². The van der Waals surface area contributed by atoms with Crippen LogP contribution in [-0.4, -0.2) is 38.7 Å². The Labute approximate surface area is 135 Å². The van der Waals surface area contributed by atoms with Gasteiger partial charge in [-0.15, -0.1) is 24.0 Å². The Bertz CT molecular complexity index is 416. The fourth-order valence-electron chi connectivity index (χ4n) is 1.36. The van der Waals surface area contributed by atoms with Gasteiger partial charge in [0, 0.05) is 17.5 Å². The molecule has 0 saturated carbocycles. The number of rotatable bonds is 6. The van der Waals surface area contributed by atoms with Crippen LogP contribution in [0.2, 0.25) is 0 Å². The molecule has 0 unspecified atom stereocenters. The summed E-state index contributed by atoms with van der Waals surface area (Å²) < 4.78 is 10.4. The summed E-state index contributed by atoms with van der Waals surface area (Å²) in [4.78, 5) is 4.20. The lowest BCUT2D eigenvalue weighted by Crippen LogP contribution is -2.23. The zero-order valence-electron chi connectivity index (χ0n) is 11.3. The van der Waals surface area contributed by atoms with Crippen LogP contribution in [0.5, 0.6) is 11.5 Å². The molecule has 0 radical (unpaired) electrons. The molecular formula is C12H20IN3O2S. The predicted molar refractivity (Wildman–Crippen MR) is 93.5 cm³/mol. The van der Waals surface area contributed by atoms with Gasteiger partial charge < -0.3 is 20.5 Å². The first-order valence-electron chi connectivity index (χ1n) is 5.49. The Morgan fingerprint density at radius 1 is 1.32 bits per heavy atom. The third kappa shape index (κ3) is 6.24. The van der Waals surface area contributed by atoms with Crippen LogP contribution in [0.4, 0.5) is 5.69 Å². The molecule has 0 spiro atoms. The summed E-state index contributed by atoms with van der Waals surface area (Å²) in [6.07, 6.45) is 2.04. The summed E-state index contributed by atoms with van der Waals surface area (Å²) in [5.41, 5.74) is 6.58. The molecule has 1 aromatic rings. The van der Waals surface area contributed by atoms with Gasteiger partial charge in [0.1, 0.15) is 0 Å². The van der Waals surface area contributed by atoms with E-state index in [2.05, 4.69) is 10.3 Å². The highest BCUT2D eigenvalue weighted by Gasteiger charge is 2.04. The minimum absolute atomic E-state index is 0. The SMILES string of the molecule is COc1ccc(NC(N)=NCCSC)cc1OC.I. The fourth-order valence-corrected chi connectivity index (χ4v) is 1.63. The smallest absolute Gasteiger partial charge is 0.193 e. The van der Waals surface area contributed by atoms with Crippen molar-refractivity contribution < 1.29 is 9.47 Å². The molecule has 5 nitrogen and oxygen atoms in total. The van der Waals surface area contributed by atoms with Crippen molar-refractivity contribution in [1.82, 2.24) is 0 Å². The van der Waals surface area contributed by atoms with E-state index in [1.165, 1.54) is 0 Å². The standard InChI is InChI=1S/C12H19N3O2S.HI/c1-16-10-5-4-9(8-11(10)17-2)15-12(13)14-6-7-18-3;/h4-5,8H,6-7H2,1-3H3,(H3,13,14,15);1H. The summed E-state index contributed by atoms with van der Waals surface area (Å²) in [5, 5.41) is 3.01. The van der Waals surface area contributed by atoms with E-state index in [1.54, 1.807) is 26.0 Å². The highest BCUT2D eigenvalue weighted by molar-refractivity contribution is 14.0. The fraction of sp³-hybridized carbons (Fsp3) is 0.417. The van der Waals surface area contributed by atoms with Crippen LogP contribution in [0, 0.1) is 0 Å². The number of aliphatic imine (C=N–C) groups is 1. The molecule has 1 rings (SSSR count). The van der Waals surface area contributed by atoms with Gasteiger partial charge >= 0.3 is 0 Å². The molecule has 0 bridgehead atoms. The maximum absolute atomic E-state index is 5.77. The molecule has 0 aromatic heterocycles. The Kier molecular flexibility index (Phi) is 9.58. The molecule has 7 heteroatoms. The molecule has 108 valence electrons. The summed E-state index contributed by atoms with van der Waals surface area (Å²) in [6.45, 7) is 0.702. The third-order valence-electron chi connectivity index (χ3n) is 2.23. The summed E-state index contributed by atoms with van der Waals surface area (Å²) in [7, 11) is 3.20. The van der Waals surface area contributed by atoms with Gasteiger partial charge in [0.15, 0.2) is 17.5 Å². The number of methoxy groups -OCH3 is 2. The van der Waals surface area contributed by atoms with Crippen LogP contribution in [0.15, 0.2) is 23.2 Å². The van der Waals surface area contributed by atoms with E-state index < -0.39 is 0 Å². The second-order valence-corrected chi connectivity index (χ2v) is 4.44. The molecular weight excluding hydrogens is 377 g/mol. The number of nitrogens with one attached hydrogen (secondary N) is 1. The summed E-state index contributed by atoms with van der Waals surface area (Å²) in [6, 6.07) is 5.49. The Hall–Kier alpha value is -0.830. The van der Waals surface area contributed by atoms with Crippen molar-refractivity contribution in [1.29, 1.82) is 0 Å². The number of ether oxygens (including phenoxy) is 2. The van der Waals surface area contributed by atoms with E-state index in [0.717, 1.165) is 11.4 Å². The topological polar surface area (TPSA) is 68.9 Å². The van der Waals surface area contributed by atoms with Crippen molar-refractivity contribution in [2.75, 3.05) is 38.1 Å². The largest absolute Gasteiger partial charge is 0.493 e. The van der Waals surface area contributed by atoms with Gasteiger partial charge in [0.05, 0.1) is 20.8 Å². The Morgan fingerprint density at radius 2 is 2.00 bits per heavy atom. The first-order chi connectivity index (χ1) is 8.71. The van der Waals surface area contributed by atoms with Crippen molar-refractivity contribution >= 4 is 47.4 Å². The van der Waals surface area contributed by atoms with E-state index in [9.17, 15) is 0 Å². The molecule has 0 amide bonds. The number of benzene rings is 1. The molecule has 0 aliphatic carbocycles. The molecule has 0 fully saturated rings. The number of nitrogens with two attached hydrogens (primary N) is 1. The van der Waals surface area contributed by atoms with Crippen molar-refractivity contribution in [2.45, 2.75) is 0 Å². The molecule has 3 N–H and O–H groups in total. The second kappa shape index (κ2) is 10.0. The van der Waals surface area contributed by atoms with Crippen LogP contribution in [0.1, 0.15) is 0 Å². The molecule has 0 atom stereocenters. The van der Waals surface area contributed by atoms with Crippen LogP contribution in [0.3, 0.4) is 0 Å². The van der Waals surface area contributed by atoms with Crippen LogP contribution in [-0.2, 0) is 0 Å². The quantitative estimate of drug-likeness (QED) is 0.334. The van der Waals surface area contributed by atoms with E-state index in [0.29, 0.717) is 24.0 Å². The minimum atomic E-state index is 0. The third-order valence-corrected chi connectivity index (χ3v) is 2.82. The highest BCUT2D eigenvalue weighted by atomic mass is 127. The molecule has 19 heavy (non-hydrogen) atoms. The molecule has 0 saturated heterocycles. The number of hydrogen-bond donors (Lipinski definition) is 2.